The van der Waals surface area contributed by atoms with Crippen LogP contribution in [0.5, 0.6) is 5.88 Å². The number of nitrogens with zero attached hydrogens (tertiary/aromatic N) is 3. The molecule has 12 heteroatoms. The Kier molecular flexibility index (Phi) is 10.3. The zero-order chi connectivity index (χ0) is 20.6. The number of pyridine rings is 1. The van der Waals surface area contributed by atoms with Crippen molar-refractivity contribution in [3.8, 4) is 5.88 Å². The van der Waals surface area contributed by atoms with E-state index in [0.29, 0.717) is 19.0 Å². The number of guanidine groups is 1. The molecule has 2 N–H and O–H groups in total. The SMILES string of the molecule is CN=C(NCCOc1ncccc1C(F)(F)F)NC1CCN(C(=O)OC)CC1.I. The van der Waals surface area contributed by atoms with Gasteiger partial charge in [-0.25, -0.2) is 9.78 Å². The van der Waals surface area contributed by atoms with E-state index in [1.165, 1.54) is 19.4 Å². The minimum atomic E-state index is -4.52. The molecule has 0 aliphatic carbocycles. The van der Waals surface area contributed by atoms with Crippen LogP contribution in [0.4, 0.5) is 18.0 Å². The molecule has 2 rings (SSSR count). The maximum atomic E-state index is 12.9. The number of hydrogen-bond acceptors (Lipinski definition) is 5. The summed E-state index contributed by atoms with van der Waals surface area (Å²) in [6.45, 7) is 1.38. The summed E-state index contributed by atoms with van der Waals surface area (Å²) in [6.07, 6.45) is -2.15. The second-order valence-electron chi connectivity index (χ2n) is 6.08. The van der Waals surface area contributed by atoms with Gasteiger partial charge in [0.05, 0.1) is 13.7 Å². The van der Waals surface area contributed by atoms with Crippen molar-refractivity contribution in [3.63, 3.8) is 0 Å². The van der Waals surface area contributed by atoms with E-state index in [2.05, 4.69) is 20.6 Å². The number of ether oxygens (including phenoxy) is 2. The minimum Gasteiger partial charge on any atom is -0.475 e. The van der Waals surface area contributed by atoms with Gasteiger partial charge in [0.2, 0.25) is 5.88 Å². The minimum absolute atomic E-state index is 0. The monoisotopic (exact) mass is 531 g/mol. The molecule has 1 aromatic heterocycles. The van der Waals surface area contributed by atoms with Crippen molar-refractivity contribution in [3.05, 3.63) is 23.9 Å². The van der Waals surface area contributed by atoms with Crippen LogP contribution in [0.15, 0.2) is 23.3 Å². The number of halogens is 4. The van der Waals surface area contributed by atoms with Gasteiger partial charge in [-0.05, 0) is 25.0 Å². The average Bonchev–Trinajstić information content (AvgIpc) is 2.69. The number of carbonyl (C=O) groups excluding carboxylic acids is 1. The van der Waals surface area contributed by atoms with Gasteiger partial charge in [0.15, 0.2) is 5.96 Å². The number of likely N-dealkylation sites (tertiary alicyclic amines) is 1. The molecule has 1 saturated heterocycles. The van der Waals surface area contributed by atoms with Crippen LogP contribution in [0, 0.1) is 0 Å². The highest BCUT2D eigenvalue weighted by Crippen LogP contribution is 2.34. The summed E-state index contributed by atoms with van der Waals surface area (Å²) >= 11 is 0. The van der Waals surface area contributed by atoms with Crippen molar-refractivity contribution in [1.82, 2.24) is 20.5 Å². The fourth-order valence-corrected chi connectivity index (χ4v) is 2.76. The van der Waals surface area contributed by atoms with Gasteiger partial charge >= 0.3 is 12.3 Å². The van der Waals surface area contributed by atoms with Crippen molar-refractivity contribution >= 4 is 36.0 Å². The number of carbonyl (C=O) groups is 1. The van der Waals surface area contributed by atoms with E-state index < -0.39 is 17.6 Å². The topological polar surface area (TPSA) is 88.1 Å². The first-order valence-corrected chi connectivity index (χ1v) is 8.80. The maximum absolute atomic E-state index is 12.9. The van der Waals surface area contributed by atoms with Crippen LogP contribution in [0.1, 0.15) is 18.4 Å². The number of nitrogens with one attached hydrogen (secondary N) is 2. The molecule has 0 aromatic carbocycles. The zero-order valence-electron chi connectivity index (χ0n) is 16.2. The second-order valence-corrected chi connectivity index (χ2v) is 6.08. The van der Waals surface area contributed by atoms with Gasteiger partial charge in [-0.2, -0.15) is 13.2 Å². The third-order valence-electron chi connectivity index (χ3n) is 4.20. The first-order valence-electron chi connectivity index (χ1n) is 8.80. The number of hydrogen-bond donors (Lipinski definition) is 2. The average molecular weight is 531 g/mol. The molecule has 1 aliphatic heterocycles. The fourth-order valence-electron chi connectivity index (χ4n) is 2.76. The van der Waals surface area contributed by atoms with Gasteiger partial charge in [0.25, 0.3) is 0 Å². The number of rotatable bonds is 5. The molecule has 0 bridgehead atoms. The molecule has 164 valence electrons. The first kappa shape index (κ1) is 25.0. The van der Waals surface area contributed by atoms with Crippen LogP contribution in [0.3, 0.4) is 0 Å². The van der Waals surface area contributed by atoms with E-state index in [9.17, 15) is 18.0 Å². The number of alkyl halides is 3. The molecular formula is C17H25F3IN5O3. The molecule has 0 unspecified atom stereocenters. The van der Waals surface area contributed by atoms with Crippen molar-refractivity contribution in [2.45, 2.75) is 25.1 Å². The Balaban J connectivity index is 0.00000420. The first-order chi connectivity index (χ1) is 13.3. The highest BCUT2D eigenvalue weighted by atomic mass is 127. The van der Waals surface area contributed by atoms with E-state index >= 15 is 0 Å². The van der Waals surface area contributed by atoms with Crippen molar-refractivity contribution in [2.24, 2.45) is 4.99 Å². The van der Waals surface area contributed by atoms with Crippen molar-refractivity contribution < 1.29 is 27.4 Å². The normalized spacial score (nSPS) is 15.3. The van der Waals surface area contributed by atoms with E-state index in [1.54, 1.807) is 11.9 Å². The quantitative estimate of drug-likeness (QED) is 0.263. The Morgan fingerprint density at radius 3 is 2.66 bits per heavy atom. The highest BCUT2D eigenvalue weighted by molar-refractivity contribution is 14.0. The standard InChI is InChI=1S/C17H24F3N5O3.HI/c1-21-15(24-12-5-9-25(10-6-12)16(26)27-2)23-8-11-28-14-13(17(18,19)20)4-3-7-22-14;/h3-4,7,12H,5-6,8-11H2,1-2H3,(H2,21,23,24);1H. The Morgan fingerprint density at radius 2 is 2.07 bits per heavy atom. The van der Waals surface area contributed by atoms with Crippen molar-refractivity contribution in [1.29, 1.82) is 0 Å². The lowest BCUT2D eigenvalue weighted by molar-refractivity contribution is -0.139. The zero-order valence-corrected chi connectivity index (χ0v) is 18.5. The summed E-state index contributed by atoms with van der Waals surface area (Å²) in [7, 11) is 2.95. The third kappa shape index (κ3) is 7.74. The smallest absolute Gasteiger partial charge is 0.421 e. The summed E-state index contributed by atoms with van der Waals surface area (Å²) in [5.41, 5.74) is -0.908. The van der Waals surface area contributed by atoms with Gasteiger partial charge in [-0.1, -0.05) is 0 Å². The van der Waals surface area contributed by atoms with Gasteiger partial charge in [-0.3, -0.25) is 4.99 Å². The molecule has 29 heavy (non-hydrogen) atoms. The molecule has 0 radical (unpaired) electrons. The predicted molar refractivity (Wildman–Crippen MR) is 112 cm³/mol. The fraction of sp³-hybridized carbons (Fsp3) is 0.588. The molecule has 0 spiro atoms. The van der Waals surface area contributed by atoms with Gasteiger partial charge in [0, 0.05) is 32.4 Å². The van der Waals surface area contributed by atoms with Crippen LogP contribution < -0.4 is 15.4 Å². The number of amides is 1. The number of aromatic nitrogens is 1. The molecule has 1 aromatic rings. The van der Waals surface area contributed by atoms with Gasteiger partial charge in [0.1, 0.15) is 12.2 Å². The van der Waals surface area contributed by atoms with Crippen LogP contribution in [-0.4, -0.2) is 68.4 Å². The Hall–Kier alpha value is -1.99. The highest BCUT2D eigenvalue weighted by Gasteiger charge is 2.35. The Labute approximate surface area is 184 Å². The van der Waals surface area contributed by atoms with E-state index in [0.717, 1.165) is 18.9 Å². The van der Waals surface area contributed by atoms with Crippen LogP contribution in [-0.2, 0) is 10.9 Å². The van der Waals surface area contributed by atoms with Crippen LogP contribution >= 0.6 is 24.0 Å². The van der Waals surface area contributed by atoms with E-state index in [-0.39, 0.29) is 49.3 Å². The van der Waals surface area contributed by atoms with Crippen LogP contribution in [0.2, 0.25) is 0 Å². The summed E-state index contributed by atoms with van der Waals surface area (Å²) in [4.78, 5) is 20.9. The molecule has 0 saturated carbocycles. The molecule has 1 aliphatic rings. The lowest BCUT2D eigenvalue weighted by Gasteiger charge is -2.32. The Morgan fingerprint density at radius 1 is 1.38 bits per heavy atom. The number of methoxy groups -OCH3 is 1. The second kappa shape index (κ2) is 11.9. The molecule has 1 fully saturated rings. The van der Waals surface area contributed by atoms with Gasteiger partial charge in [-0.15, -0.1) is 24.0 Å². The van der Waals surface area contributed by atoms with Crippen LogP contribution in [0.25, 0.3) is 0 Å². The molecular weight excluding hydrogens is 506 g/mol. The number of aliphatic imine (C=N–C) groups is 1. The summed E-state index contributed by atoms with van der Waals surface area (Å²) < 4.78 is 48.6. The third-order valence-corrected chi connectivity index (χ3v) is 4.20. The number of piperidine rings is 1. The lowest BCUT2D eigenvalue weighted by Crippen LogP contribution is -2.50. The summed E-state index contributed by atoms with van der Waals surface area (Å²) in [5, 5.41) is 6.22. The van der Waals surface area contributed by atoms with E-state index in [4.69, 9.17) is 9.47 Å². The molecule has 0 atom stereocenters. The lowest BCUT2D eigenvalue weighted by atomic mass is 10.1. The maximum Gasteiger partial charge on any atom is 0.421 e. The predicted octanol–water partition coefficient (Wildman–Crippen LogP) is 2.49. The molecule has 8 nitrogen and oxygen atoms in total. The molecule has 1 amide bonds. The van der Waals surface area contributed by atoms with E-state index in [1.807, 2.05) is 0 Å². The van der Waals surface area contributed by atoms with Gasteiger partial charge < -0.3 is 25.0 Å². The summed E-state index contributed by atoms with van der Waals surface area (Å²) in [6, 6.07) is 2.27. The van der Waals surface area contributed by atoms with Crippen molar-refractivity contribution in [2.75, 3.05) is 40.4 Å². The molecule has 2 heterocycles. The largest absolute Gasteiger partial charge is 0.475 e. The Bertz CT molecular complexity index is 683. The summed E-state index contributed by atoms with van der Waals surface area (Å²) in [5.74, 6) is 0.0621.